The Morgan fingerprint density at radius 1 is 0.974 bits per heavy atom. The van der Waals surface area contributed by atoms with Crippen LogP contribution in [0.15, 0.2) is 82.2 Å². The summed E-state index contributed by atoms with van der Waals surface area (Å²) in [6, 6.07) is 17.7. The van der Waals surface area contributed by atoms with Crippen molar-refractivity contribution in [3.8, 4) is 0 Å². The van der Waals surface area contributed by atoms with Crippen LogP contribution in [0, 0.1) is 12.7 Å². The molecule has 0 aliphatic rings. The Morgan fingerprint density at radius 2 is 1.59 bits per heavy atom. The summed E-state index contributed by atoms with van der Waals surface area (Å²) >= 11 is 3.35. The van der Waals surface area contributed by atoms with E-state index in [9.17, 15) is 22.4 Å². The summed E-state index contributed by atoms with van der Waals surface area (Å²) in [5.74, 6) is -1.59. The van der Waals surface area contributed by atoms with Crippen molar-refractivity contribution in [1.82, 2.24) is 10.2 Å². The summed E-state index contributed by atoms with van der Waals surface area (Å²) in [6.45, 7) is 6.36. The number of benzene rings is 3. The Labute approximate surface area is 238 Å². The smallest absolute Gasteiger partial charge is 0.264 e. The number of carbonyl (C=O) groups is 2. The molecule has 0 bridgehead atoms. The second kappa shape index (κ2) is 13.2. The van der Waals surface area contributed by atoms with E-state index in [1.54, 1.807) is 49.4 Å². The van der Waals surface area contributed by atoms with E-state index in [0.717, 1.165) is 14.3 Å². The van der Waals surface area contributed by atoms with Crippen molar-refractivity contribution in [3.63, 3.8) is 0 Å². The zero-order valence-electron chi connectivity index (χ0n) is 22.4. The van der Waals surface area contributed by atoms with Crippen LogP contribution < -0.4 is 9.62 Å². The van der Waals surface area contributed by atoms with Crippen molar-refractivity contribution in [3.05, 3.63) is 94.2 Å². The predicted molar refractivity (Wildman–Crippen MR) is 154 cm³/mol. The molecule has 3 aromatic rings. The summed E-state index contributed by atoms with van der Waals surface area (Å²) in [5.41, 5.74) is 1.37. The minimum absolute atomic E-state index is 0.0204. The number of carbonyl (C=O) groups excluding carboxylic acids is 2. The molecule has 0 aliphatic carbocycles. The molecule has 39 heavy (non-hydrogen) atoms. The van der Waals surface area contributed by atoms with E-state index in [4.69, 9.17) is 0 Å². The average molecular weight is 619 g/mol. The summed E-state index contributed by atoms with van der Waals surface area (Å²) in [5, 5.41) is 2.85. The van der Waals surface area contributed by atoms with Gasteiger partial charge in [0.2, 0.25) is 11.8 Å². The zero-order valence-corrected chi connectivity index (χ0v) is 24.8. The van der Waals surface area contributed by atoms with Gasteiger partial charge in [-0.25, -0.2) is 12.8 Å². The van der Waals surface area contributed by atoms with Gasteiger partial charge in [-0.3, -0.25) is 13.9 Å². The largest absolute Gasteiger partial charge is 0.352 e. The highest BCUT2D eigenvalue weighted by atomic mass is 79.9. The molecular weight excluding hydrogens is 585 g/mol. The topological polar surface area (TPSA) is 86.8 Å². The number of halogens is 2. The van der Waals surface area contributed by atoms with E-state index in [1.165, 1.54) is 35.2 Å². The van der Waals surface area contributed by atoms with Crippen molar-refractivity contribution in [1.29, 1.82) is 0 Å². The third-order valence-corrected chi connectivity index (χ3v) is 8.79. The van der Waals surface area contributed by atoms with Crippen LogP contribution >= 0.6 is 15.9 Å². The van der Waals surface area contributed by atoms with Crippen molar-refractivity contribution < 1.29 is 22.4 Å². The Bertz CT molecular complexity index is 1400. The highest BCUT2D eigenvalue weighted by molar-refractivity contribution is 9.10. The Balaban J connectivity index is 2.03. The van der Waals surface area contributed by atoms with E-state index < -0.39 is 40.2 Å². The molecule has 0 spiro atoms. The first-order valence-electron chi connectivity index (χ1n) is 12.6. The molecule has 0 aromatic heterocycles. The molecule has 2 atom stereocenters. The van der Waals surface area contributed by atoms with Crippen LogP contribution in [-0.2, 0) is 26.2 Å². The molecule has 1 N–H and O–H groups in total. The van der Waals surface area contributed by atoms with Crippen molar-refractivity contribution in [2.75, 3.05) is 10.8 Å². The van der Waals surface area contributed by atoms with Gasteiger partial charge >= 0.3 is 0 Å². The van der Waals surface area contributed by atoms with Gasteiger partial charge in [-0.15, -0.1) is 0 Å². The third-order valence-electron chi connectivity index (χ3n) is 6.47. The first-order valence-corrected chi connectivity index (χ1v) is 14.9. The number of anilines is 1. The summed E-state index contributed by atoms with van der Waals surface area (Å²) < 4.78 is 43.9. The lowest BCUT2D eigenvalue weighted by atomic mass is 10.1. The maximum atomic E-state index is 14.6. The van der Waals surface area contributed by atoms with Crippen molar-refractivity contribution >= 4 is 43.5 Å². The molecule has 0 saturated heterocycles. The SMILES string of the molecule is CC[C@H](C)NC(=O)[C@@H](C)N(Cc1ccccc1F)C(=O)CN(c1ccc(Br)cc1)S(=O)(=O)c1ccc(C)cc1. The molecule has 7 nitrogen and oxygen atoms in total. The molecule has 3 aromatic carbocycles. The molecular formula is C29H33BrFN3O4S. The number of nitrogens with zero attached hydrogens (tertiary/aromatic N) is 2. The van der Waals surface area contributed by atoms with E-state index in [1.807, 2.05) is 20.8 Å². The number of amides is 2. The molecule has 3 rings (SSSR count). The molecule has 0 radical (unpaired) electrons. The summed E-state index contributed by atoms with van der Waals surface area (Å²) in [7, 11) is -4.17. The van der Waals surface area contributed by atoms with Crippen molar-refractivity contribution in [2.24, 2.45) is 0 Å². The van der Waals surface area contributed by atoms with Gasteiger partial charge < -0.3 is 10.2 Å². The van der Waals surface area contributed by atoms with Gasteiger partial charge in [0.05, 0.1) is 10.6 Å². The van der Waals surface area contributed by atoms with Gasteiger partial charge in [0.15, 0.2) is 0 Å². The lowest BCUT2D eigenvalue weighted by molar-refractivity contribution is -0.139. The zero-order chi connectivity index (χ0) is 28.7. The fraction of sp³-hybridized carbons (Fsp3) is 0.310. The van der Waals surface area contributed by atoms with Gasteiger partial charge in [0.1, 0.15) is 18.4 Å². The van der Waals surface area contributed by atoms with E-state index in [-0.39, 0.29) is 28.7 Å². The standard InChI is InChI=1S/C29H33BrFN3O4S/c1-5-21(3)32-29(36)22(4)33(18-23-8-6-7-9-27(23)31)28(35)19-34(25-14-12-24(30)13-15-25)39(37,38)26-16-10-20(2)11-17-26/h6-17,21-22H,5,18-19H2,1-4H3,(H,32,36)/t21-,22+/m0/s1. The third kappa shape index (κ3) is 7.67. The number of aryl methyl sites for hydroxylation is 1. The van der Waals surface area contributed by atoms with Gasteiger partial charge in [0, 0.05) is 22.6 Å². The maximum absolute atomic E-state index is 14.6. The van der Waals surface area contributed by atoms with Crippen LogP contribution in [0.3, 0.4) is 0 Å². The number of rotatable bonds is 11. The Hall–Kier alpha value is -3.24. The van der Waals surface area contributed by atoms with Crippen LogP contribution in [0.5, 0.6) is 0 Å². The fourth-order valence-electron chi connectivity index (χ4n) is 3.83. The van der Waals surface area contributed by atoms with E-state index in [2.05, 4.69) is 21.2 Å². The van der Waals surface area contributed by atoms with Crippen LogP contribution in [-0.4, -0.2) is 43.8 Å². The average Bonchev–Trinajstić information content (AvgIpc) is 2.91. The molecule has 0 aliphatic heterocycles. The highest BCUT2D eigenvalue weighted by Crippen LogP contribution is 2.26. The summed E-state index contributed by atoms with van der Waals surface area (Å²) in [4.78, 5) is 28.1. The molecule has 10 heteroatoms. The van der Waals surface area contributed by atoms with Crippen LogP contribution in [0.1, 0.15) is 38.3 Å². The van der Waals surface area contributed by atoms with Gasteiger partial charge in [-0.2, -0.15) is 0 Å². The maximum Gasteiger partial charge on any atom is 0.264 e. The van der Waals surface area contributed by atoms with Crippen molar-refractivity contribution in [2.45, 2.75) is 57.6 Å². The van der Waals surface area contributed by atoms with Gasteiger partial charge in [0.25, 0.3) is 10.0 Å². The molecule has 0 unspecified atom stereocenters. The van der Waals surface area contributed by atoms with Crippen LogP contribution in [0.25, 0.3) is 0 Å². The molecule has 0 heterocycles. The number of hydrogen-bond donors (Lipinski definition) is 1. The number of sulfonamides is 1. The second-order valence-electron chi connectivity index (χ2n) is 9.41. The minimum Gasteiger partial charge on any atom is -0.352 e. The van der Waals surface area contributed by atoms with Gasteiger partial charge in [-0.1, -0.05) is 58.7 Å². The lowest BCUT2D eigenvalue weighted by Gasteiger charge is -2.32. The van der Waals surface area contributed by atoms with E-state index >= 15 is 0 Å². The Morgan fingerprint density at radius 3 is 2.18 bits per heavy atom. The first-order chi connectivity index (χ1) is 18.4. The molecule has 2 amide bonds. The number of hydrogen-bond acceptors (Lipinski definition) is 4. The predicted octanol–water partition coefficient (Wildman–Crippen LogP) is 5.42. The molecule has 0 fully saturated rings. The quantitative estimate of drug-likeness (QED) is 0.311. The fourth-order valence-corrected chi connectivity index (χ4v) is 5.51. The van der Waals surface area contributed by atoms with Crippen LogP contribution in [0.4, 0.5) is 10.1 Å². The monoisotopic (exact) mass is 617 g/mol. The van der Waals surface area contributed by atoms with E-state index in [0.29, 0.717) is 6.42 Å². The number of nitrogens with one attached hydrogen (secondary N) is 1. The lowest BCUT2D eigenvalue weighted by Crippen LogP contribution is -2.52. The Kier molecular flexibility index (Phi) is 10.3. The first kappa shape index (κ1) is 30.3. The van der Waals surface area contributed by atoms with Gasteiger partial charge in [-0.05, 0) is 69.7 Å². The molecule has 0 saturated carbocycles. The second-order valence-corrected chi connectivity index (χ2v) is 12.2. The summed E-state index contributed by atoms with van der Waals surface area (Å²) in [6.07, 6.45) is 0.686. The minimum atomic E-state index is -4.17. The normalized spacial score (nSPS) is 12.9. The van der Waals surface area contributed by atoms with Crippen LogP contribution in [0.2, 0.25) is 0 Å². The highest BCUT2D eigenvalue weighted by Gasteiger charge is 2.33. The molecule has 208 valence electrons.